The second-order valence-electron chi connectivity index (χ2n) is 5.00. The highest BCUT2D eigenvalue weighted by molar-refractivity contribution is 6.17. The van der Waals surface area contributed by atoms with Gasteiger partial charge in [-0.25, -0.2) is 0 Å². The molecule has 1 aromatic rings. The van der Waals surface area contributed by atoms with E-state index in [1.54, 1.807) is 0 Å². The van der Waals surface area contributed by atoms with E-state index in [0.29, 0.717) is 5.88 Å². The lowest BCUT2D eigenvalue weighted by molar-refractivity contribution is 0.680. The Labute approximate surface area is 102 Å². The van der Waals surface area contributed by atoms with Gasteiger partial charge in [0.2, 0.25) is 0 Å². The smallest absolute Gasteiger partial charge is 0.130 e. The number of anilines is 1. The van der Waals surface area contributed by atoms with E-state index in [0.717, 1.165) is 24.1 Å². The summed E-state index contributed by atoms with van der Waals surface area (Å²) in [5, 5.41) is 4.44. The molecule has 3 nitrogen and oxygen atoms in total. The molecule has 2 unspecified atom stereocenters. The molecule has 0 spiro atoms. The Morgan fingerprint density at radius 2 is 2.19 bits per heavy atom. The van der Waals surface area contributed by atoms with Crippen LogP contribution in [0.4, 0.5) is 5.82 Å². The molecule has 0 amide bonds. The number of aryl methyl sites for hydroxylation is 2. The third-order valence-electron chi connectivity index (χ3n) is 3.59. The largest absolute Gasteiger partial charge is 0.359 e. The van der Waals surface area contributed by atoms with Crippen LogP contribution in [-0.4, -0.2) is 23.4 Å². The van der Waals surface area contributed by atoms with Crippen molar-refractivity contribution in [2.24, 2.45) is 18.9 Å². The number of hydrogen-bond acceptors (Lipinski definition) is 2. The van der Waals surface area contributed by atoms with E-state index in [4.69, 9.17) is 11.6 Å². The van der Waals surface area contributed by atoms with E-state index in [1.165, 1.54) is 17.8 Å². The Hall–Kier alpha value is -0.700. The van der Waals surface area contributed by atoms with Gasteiger partial charge in [-0.15, -0.1) is 11.6 Å². The summed E-state index contributed by atoms with van der Waals surface area (Å²) in [6.07, 6.45) is 1.36. The summed E-state index contributed by atoms with van der Waals surface area (Å²) in [6.45, 7) is 5.45. The first-order valence-electron chi connectivity index (χ1n) is 5.84. The number of hydrogen-bond donors (Lipinski definition) is 0. The monoisotopic (exact) mass is 241 g/mol. The lowest BCUT2D eigenvalue weighted by Crippen LogP contribution is -2.24. The van der Waals surface area contributed by atoms with Gasteiger partial charge in [0.1, 0.15) is 5.82 Å². The maximum Gasteiger partial charge on any atom is 0.130 e. The topological polar surface area (TPSA) is 21.1 Å². The summed E-state index contributed by atoms with van der Waals surface area (Å²) < 4.78 is 1.94. The first kappa shape index (κ1) is 11.8. The van der Waals surface area contributed by atoms with Crippen LogP contribution in [0.3, 0.4) is 0 Å². The summed E-state index contributed by atoms with van der Waals surface area (Å²) >= 11 is 6.00. The summed E-state index contributed by atoms with van der Waals surface area (Å²) in [4.78, 5) is 2.30. The van der Waals surface area contributed by atoms with Crippen LogP contribution in [0.1, 0.15) is 24.6 Å². The van der Waals surface area contributed by atoms with Gasteiger partial charge in [-0.3, -0.25) is 4.68 Å². The van der Waals surface area contributed by atoms with Crippen molar-refractivity contribution in [2.45, 2.75) is 26.1 Å². The van der Waals surface area contributed by atoms with Gasteiger partial charge in [0, 0.05) is 26.2 Å². The highest BCUT2D eigenvalue weighted by atomic mass is 35.5. The minimum atomic E-state index is 0.541. The van der Waals surface area contributed by atoms with Crippen molar-refractivity contribution in [1.29, 1.82) is 0 Å². The Bertz CT molecular complexity index is 386. The van der Waals surface area contributed by atoms with Gasteiger partial charge in [0.05, 0.1) is 11.6 Å². The maximum absolute atomic E-state index is 6.00. The van der Waals surface area contributed by atoms with Crippen molar-refractivity contribution in [3.05, 3.63) is 11.3 Å². The van der Waals surface area contributed by atoms with E-state index in [9.17, 15) is 0 Å². The molecule has 0 saturated heterocycles. The van der Waals surface area contributed by atoms with E-state index in [1.807, 2.05) is 18.7 Å². The quantitative estimate of drug-likeness (QED) is 0.756. The molecular formula is C12H20ClN3. The van der Waals surface area contributed by atoms with Gasteiger partial charge in [-0.05, 0) is 25.2 Å². The van der Waals surface area contributed by atoms with E-state index in [-0.39, 0.29) is 0 Å². The van der Waals surface area contributed by atoms with Crippen LogP contribution in [0.15, 0.2) is 0 Å². The zero-order valence-electron chi connectivity index (χ0n) is 10.5. The first-order chi connectivity index (χ1) is 7.54. The van der Waals surface area contributed by atoms with E-state index >= 15 is 0 Å². The molecule has 1 heterocycles. The van der Waals surface area contributed by atoms with Gasteiger partial charge in [0.15, 0.2) is 0 Å². The average molecular weight is 242 g/mol. The number of halogens is 1. The van der Waals surface area contributed by atoms with Crippen LogP contribution < -0.4 is 4.90 Å². The predicted octanol–water partition coefficient (Wildman–Crippen LogP) is 2.56. The van der Waals surface area contributed by atoms with Gasteiger partial charge >= 0.3 is 0 Å². The number of aromatic nitrogens is 2. The molecular weight excluding hydrogens is 222 g/mol. The highest BCUT2D eigenvalue weighted by Crippen LogP contribution is 2.39. The second kappa shape index (κ2) is 4.28. The fourth-order valence-electron chi connectivity index (χ4n) is 2.42. The summed E-state index contributed by atoms with van der Waals surface area (Å²) in [6, 6.07) is 0. The van der Waals surface area contributed by atoms with Crippen molar-refractivity contribution >= 4 is 17.4 Å². The van der Waals surface area contributed by atoms with Crippen LogP contribution in [0.25, 0.3) is 0 Å². The van der Waals surface area contributed by atoms with Crippen LogP contribution in [0.5, 0.6) is 0 Å². The van der Waals surface area contributed by atoms with E-state index in [2.05, 4.69) is 24.0 Å². The first-order valence-corrected chi connectivity index (χ1v) is 6.37. The van der Waals surface area contributed by atoms with Crippen LogP contribution in [0, 0.1) is 18.8 Å². The van der Waals surface area contributed by atoms with Crippen LogP contribution in [-0.2, 0) is 12.9 Å². The maximum atomic E-state index is 6.00. The molecule has 90 valence electrons. The van der Waals surface area contributed by atoms with Crippen LogP contribution in [0.2, 0.25) is 0 Å². The third-order valence-corrected chi connectivity index (χ3v) is 3.86. The molecule has 16 heavy (non-hydrogen) atoms. The van der Waals surface area contributed by atoms with Crippen molar-refractivity contribution in [1.82, 2.24) is 9.78 Å². The van der Waals surface area contributed by atoms with Crippen molar-refractivity contribution < 1.29 is 0 Å². The normalized spacial score (nSPS) is 23.6. The molecule has 0 N–H and O–H groups in total. The van der Waals surface area contributed by atoms with Gasteiger partial charge in [-0.1, -0.05) is 6.92 Å². The molecule has 1 aliphatic rings. The summed E-state index contributed by atoms with van der Waals surface area (Å²) in [7, 11) is 4.13. The molecule has 0 aromatic carbocycles. The zero-order chi connectivity index (χ0) is 11.9. The Balaban J connectivity index is 2.17. The molecule has 0 radical (unpaired) electrons. The number of alkyl halides is 1. The minimum Gasteiger partial charge on any atom is -0.359 e. The molecule has 0 bridgehead atoms. The average Bonchev–Trinajstić information content (AvgIpc) is 2.79. The summed E-state index contributed by atoms with van der Waals surface area (Å²) in [5.74, 6) is 3.45. The molecule has 1 aromatic heterocycles. The molecule has 0 aliphatic heterocycles. The van der Waals surface area contributed by atoms with Gasteiger partial charge in [0.25, 0.3) is 0 Å². The molecule has 2 atom stereocenters. The lowest BCUT2D eigenvalue weighted by Gasteiger charge is -2.20. The van der Waals surface area contributed by atoms with E-state index < -0.39 is 0 Å². The standard InChI is InChI=1S/C12H20ClN3/c1-8-5-10(8)7-15(3)12-11(6-13)9(2)14-16(12)4/h8,10H,5-7H2,1-4H3. The fraction of sp³-hybridized carbons (Fsp3) is 0.750. The Morgan fingerprint density at radius 1 is 1.56 bits per heavy atom. The van der Waals surface area contributed by atoms with Gasteiger partial charge < -0.3 is 4.90 Å². The second-order valence-corrected chi connectivity index (χ2v) is 5.27. The van der Waals surface area contributed by atoms with Crippen molar-refractivity contribution in [3.8, 4) is 0 Å². The van der Waals surface area contributed by atoms with Gasteiger partial charge in [-0.2, -0.15) is 5.10 Å². The molecule has 1 aliphatic carbocycles. The summed E-state index contributed by atoms with van der Waals surface area (Å²) in [5.41, 5.74) is 2.21. The SMILES string of the molecule is Cc1nn(C)c(N(C)CC2CC2C)c1CCl. The highest BCUT2D eigenvalue weighted by Gasteiger charge is 2.34. The fourth-order valence-corrected chi connectivity index (χ4v) is 2.73. The lowest BCUT2D eigenvalue weighted by atomic mass is 10.2. The number of nitrogens with zero attached hydrogens (tertiary/aromatic N) is 3. The molecule has 1 fully saturated rings. The molecule has 4 heteroatoms. The zero-order valence-corrected chi connectivity index (χ0v) is 11.3. The molecule has 2 rings (SSSR count). The van der Waals surface area contributed by atoms with Crippen molar-refractivity contribution in [2.75, 3.05) is 18.5 Å². The molecule has 1 saturated carbocycles. The Morgan fingerprint density at radius 3 is 2.69 bits per heavy atom. The van der Waals surface area contributed by atoms with Crippen LogP contribution >= 0.6 is 11.6 Å². The number of rotatable bonds is 4. The predicted molar refractivity (Wildman–Crippen MR) is 68.0 cm³/mol. The Kier molecular flexibility index (Phi) is 3.15. The third kappa shape index (κ3) is 2.05. The van der Waals surface area contributed by atoms with Crippen molar-refractivity contribution in [3.63, 3.8) is 0 Å². The minimum absolute atomic E-state index is 0.541.